The van der Waals surface area contributed by atoms with E-state index in [2.05, 4.69) is 23.2 Å². The van der Waals surface area contributed by atoms with E-state index in [1.54, 1.807) is 0 Å². The largest absolute Gasteiger partial charge is 0.493 e. The van der Waals surface area contributed by atoms with Crippen LogP contribution in [0, 0.1) is 0 Å². The van der Waals surface area contributed by atoms with Crippen LogP contribution in [-0.4, -0.2) is 11.6 Å². The minimum Gasteiger partial charge on any atom is -0.493 e. The quantitative estimate of drug-likeness (QED) is 0.700. The van der Waals surface area contributed by atoms with Crippen LogP contribution in [0.3, 0.4) is 0 Å². The number of pyridine rings is 1. The normalized spacial score (nSPS) is 10.5. The smallest absolute Gasteiger partial charge is 0.127 e. The highest BCUT2D eigenvalue weighted by molar-refractivity contribution is 5.88. The molecule has 3 rings (SSSR count). The van der Waals surface area contributed by atoms with Gasteiger partial charge in [-0.05, 0) is 23.6 Å². The fourth-order valence-electron chi connectivity index (χ4n) is 2.13. The lowest BCUT2D eigenvalue weighted by Crippen LogP contribution is -2.02. The summed E-state index contributed by atoms with van der Waals surface area (Å²) in [4.78, 5) is 4.29. The zero-order valence-corrected chi connectivity index (χ0v) is 10.6. The maximum absolute atomic E-state index is 5.88. The van der Waals surface area contributed by atoms with Gasteiger partial charge in [0, 0.05) is 23.7 Å². The molecule has 0 saturated carbocycles. The molecule has 0 atom stereocenters. The summed E-state index contributed by atoms with van der Waals surface area (Å²) in [5.41, 5.74) is 1.06. The first-order chi connectivity index (χ1) is 9.43. The summed E-state index contributed by atoms with van der Waals surface area (Å²) < 4.78 is 5.88. The van der Waals surface area contributed by atoms with Crippen molar-refractivity contribution >= 4 is 10.8 Å². The summed E-state index contributed by atoms with van der Waals surface area (Å²) in [6, 6.07) is 20.3. The van der Waals surface area contributed by atoms with Crippen molar-refractivity contribution in [2.75, 3.05) is 6.61 Å². The Morgan fingerprint density at radius 2 is 1.68 bits per heavy atom. The highest BCUT2D eigenvalue weighted by Gasteiger charge is 2.01. The predicted octanol–water partition coefficient (Wildman–Crippen LogP) is 3.86. The molecule has 2 nitrogen and oxygen atoms in total. The lowest BCUT2D eigenvalue weighted by molar-refractivity contribution is 0.324. The highest BCUT2D eigenvalue weighted by Crippen LogP contribution is 2.25. The van der Waals surface area contributed by atoms with Crippen molar-refractivity contribution in [3.8, 4) is 5.75 Å². The van der Waals surface area contributed by atoms with Gasteiger partial charge in [-0.25, -0.2) is 0 Å². The Labute approximate surface area is 112 Å². The molecule has 0 bridgehead atoms. The topological polar surface area (TPSA) is 22.1 Å². The van der Waals surface area contributed by atoms with Crippen LogP contribution in [-0.2, 0) is 6.42 Å². The second-order valence-electron chi connectivity index (χ2n) is 4.40. The van der Waals surface area contributed by atoms with E-state index in [0.29, 0.717) is 6.61 Å². The van der Waals surface area contributed by atoms with Crippen LogP contribution in [0.1, 0.15) is 5.69 Å². The number of hydrogen-bond acceptors (Lipinski definition) is 2. The Hall–Kier alpha value is -2.35. The number of nitrogens with zero attached hydrogens (tertiary/aromatic N) is 1. The molecule has 0 aliphatic carbocycles. The van der Waals surface area contributed by atoms with Gasteiger partial charge >= 0.3 is 0 Å². The van der Waals surface area contributed by atoms with Crippen LogP contribution in [0.25, 0.3) is 10.8 Å². The van der Waals surface area contributed by atoms with E-state index in [0.717, 1.165) is 23.3 Å². The van der Waals surface area contributed by atoms with Crippen molar-refractivity contribution in [1.82, 2.24) is 4.98 Å². The zero-order valence-electron chi connectivity index (χ0n) is 10.6. The number of rotatable bonds is 4. The minimum absolute atomic E-state index is 0.644. The van der Waals surface area contributed by atoms with Crippen LogP contribution in [0.5, 0.6) is 5.75 Å². The fourth-order valence-corrected chi connectivity index (χ4v) is 2.13. The molecule has 0 aliphatic heterocycles. The summed E-state index contributed by atoms with van der Waals surface area (Å²) >= 11 is 0. The number of fused-ring (bicyclic) bond motifs is 1. The van der Waals surface area contributed by atoms with Gasteiger partial charge in [0.2, 0.25) is 0 Å². The number of aromatic nitrogens is 1. The lowest BCUT2D eigenvalue weighted by atomic mass is 10.1. The Kier molecular flexibility index (Phi) is 3.41. The van der Waals surface area contributed by atoms with Gasteiger partial charge in [-0.15, -0.1) is 0 Å². The first kappa shape index (κ1) is 11.7. The third-order valence-corrected chi connectivity index (χ3v) is 3.09. The van der Waals surface area contributed by atoms with Crippen molar-refractivity contribution in [3.05, 3.63) is 72.6 Å². The van der Waals surface area contributed by atoms with Crippen LogP contribution in [0.2, 0.25) is 0 Å². The fraction of sp³-hybridized carbons (Fsp3) is 0.118. The standard InChI is InChI=1S/C17H15NO/c1-2-9-16-14(6-1)7-5-10-17(16)19-13-11-15-8-3-4-12-18-15/h1-10,12H,11,13H2. The van der Waals surface area contributed by atoms with E-state index < -0.39 is 0 Å². The molecule has 1 aromatic heterocycles. The molecule has 2 heteroatoms. The maximum atomic E-state index is 5.88. The molecule has 19 heavy (non-hydrogen) atoms. The molecule has 94 valence electrons. The third kappa shape index (κ3) is 2.74. The molecule has 0 saturated heterocycles. The van der Waals surface area contributed by atoms with Crippen molar-refractivity contribution < 1.29 is 4.74 Å². The molecular formula is C17H15NO. The maximum Gasteiger partial charge on any atom is 0.127 e. The summed E-state index contributed by atoms with van der Waals surface area (Å²) in [6.45, 7) is 0.644. The summed E-state index contributed by atoms with van der Waals surface area (Å²) in [7, 11) is 0. The van der Waals surface area contributed by atoms with E-state index in [1.807, 2.05) is 48.7 Å². The van der Waals surface area contributed by atoms with Gasteiger partial charge in [-0.1, -0.05) is 42.5 Å². The van der Waals surface area contributed by atoms with E-state index >= 15 is 0 Å². The van der Waals surface area contributed by atoms with Gasteiger partial charge in [-0.2, -0.15) is 0 Å². The molecule has 0 aliphatic rings. The van der Waals surface area contributed by atoms with E-state index in [9.17, 15) is 0 Å². The van der Waals surface area contributed by atoms with Gasteiger partial charge < -0.3 is 4.74 Å². The average molecular weight is 249 g/mol. The first-order valence-electron chi connectivity index (χ1n) is 6.44. The van der Waals surface area contributed by atoms with E-state index in [4.69, 9.17) is 4.74 Å². The van der Waals surface area contributed by atoms with Crippen LogP contribution in [0.4, 0.5) is 0 Å². The molecule has 0 fully saturated rings. The van der Waals surface area contributed by atoms with Crippen LogP contribution in [0.15, 0.2) is 66.9 Å². The second-order valence-corrected chi connectivity index (χ2v) is 4.40. The summed E-state index contributed by atoms with van der Waals surface area (Å²) in [5, 5.41) is 2.36. The molecule has 0 N–H and O–H groups in total. The molecule has 1 heterocycles. The van der Waals surface area contributed by atoms with Gasteiger partial charge in [-0.3, -0.25) is 4.98 Å². The Bertz CT molecular complexity index is 659. The Morgan fingerprint density at radius 3 is 2.58 bits per heavy atom. The number of benzene rings is 2. The minimum atomic E-state index is 0.644. The molecular weight excluding hydrogens is 234 g/mol. The van der Waals surface area contributed by atoms with Crippen molar-refractivity contribution in [2.45, 2.75) is 6.42 Å². The van der Waals surface area contributed by atoms with Crippen molar-refractivity contribution in [3.63, 3.8) is 0 Å². The van der Waals surface area contributed by atoms with Crippen LogP contribution >= 0.6 is 0 Å². The second kappa shape index (κ2) is 5.53. The van der Waals surface area contributed by atoms with Crippen molar-refractivity contribution in [1.29, 1.82) is 0 Å². The van der Waals surface area contributed by atoms with Gasteiger partial charge in [0.05, 0.1) is 6.61 Å². The SMILES string of the molecule is c1ccc(CCOc2cccc3ccccc23)nc1. The average Bonchev–Trinajstić information content (AvgIpc) is 2.49. The molecule has 0 radical (unpaired) electrons. The van der Waals surface area contributed by atoms with Gasteiger partial charge in [0.15, 0.2) is 0 Å². The monoisotopic (exact) mass is 249 g/mol. The molecule has 0 spiro atoms. The lowest BCUT2D eigenvalue weighted by Gasteiger charge is -2.09. The first-order valence-corrected chi connectivity index (χ1v) is 6.44. The molecule has 2 aromatic carbocycles. The van der Waals surface area contributed by atoms with Gasteiger partial charge in [0.1, 0.15) is 5.75 Å². The molecule has 0 amide bonds. The summed E-state index contributed by atoms with van der Waals surface area (Å²) in [6.07, 6.45) is 2.64. The zero-order chi connectivity index (χ0) is 12.9. The third-order valence-electron chi connectivity index (χ3n) is 3.09. The predicted molar refractivity (Wildman–Crippen MR) is 77.4 cm³/mol. The van der Waals surface area contributed by atoms with E-state index in [1.165, 1.54) is 5.39 Å². The highest BCUT2D eigenvalue weighted by atomic mass is 16.5. The molecule has 3 aromatic rings. The number of hydrogen-bond donors (Lipinski definition) is 0. The van der Waals surface area contributed by atoms with Crippen LogP contribution < -0.4 is 4.74 Å². The summed E-state index contributed by atoms with van der Waals surface area (Å²) in [5.74, 6) is 0.939. The Morgan fingerprint density at radius 1 is 0.842 bits per heavy atom. The Balaban J connectivity index is 1.72. The van der Waals surface area contributed by atoms with Gasteiger partial charge in [0.25, 0.3) is 0 Å². The van der Waals surface area contributed by atoms with Crippen molar-refractivity contribution in [2.24, 2.45) is 0 Å². The van der Waals surface area contributed by atoms with E-state index in [-0.39, 0.29) is 0 Å². The number of ether oxygens (including phenoxy) is 1. The molecule has 0 unspecified atom stereocenters.